The van der Waals surface area contributed by atoms with E-state index in [4.69, 9.17) is 9.47 Å². The average Bonchev–Trinajstić information content (AvgIpc) is 3.43. The van der Waals surface area contributed by atoms with Crippen LogP contribution in [0.5, 0.6) is 0 Å². The van der Waals surface area contributed by atoms with Crippen LogP contribution in [0, 0.1) is 0 Å². The molecule has 0 unspecified atom stereocenters. The van der Waals surface area contributed by atoms with E-state index < -0.39 is 11.7 Å². The van der Waals surface area contributed by atoms with Gasteiger partial charge in [0.2, 0.25) is 5.95 Å². The maximum absolute atomic E-state index is 13.1. The minimum absolute atomic E-state index is 0.176. The highest BCUT2D eigenvalue weighted by atomic mass is 32.1. The number of thiophene rings is 1. The first-order valence-electron chi connectivity index (χ1n) is 11.4. The largest absolute Gasteiger partial charge is 0.444 e. The van der Waals surface area contributed by atoms with Gasteiger partial charge in [0, 0.05) is 24.4 Å². The van der Waals surface area contributed by atoms with Crippen molar-refractivity contribution in [3.05, 3.63) is 41.8 Å². The van der Waals surface area contributed by atoms with Crippen LogP contribution >= 0.6 is 11.3 Å². The molecule has 0 aromatic carbocycles. The number of amides is 2. The van der Waals surface area contributed by atoms with Gasteiger partial charge in [-0.05, 0) is 33.3 Å². The molecule has 0 saturated carbocycles. The summed E-state index contributed by atoms with van der Waals surface area (Å²) in [5.41, 5.74) is 1.40. The Bertz CT molecular complexity index is 1410. The molecule has 0 spiro atoms. The van der Waals surface area contributed by atoms with Crippen LogP contribution in [0.1, 0.15) is 37.6 Å². The Hall–Kier alpha value is -3.84. The van der Waals surface area contributed by atoms with Crippen LogP contribution in [0.15, 0.2) is 36.2 Å². The zero-order valence-electron chi connectivity index (χ0n) is 20.0. The molecule has 2 amide bonds. The number of rotatable bonds is 5. The Morgan fingerprint density at radius 2 is 2.08 bits per heavy atom. The van der Waals surface area contributed by atoms with Crippen LogP contribution in [0.4, 0.5) is 16.4 Å². The minimum atomic E-state index is -0.605. The fourth-order valence-electron chi connectivity index (χ4n) is 3.84. The summed E-state index contributed by atoms with van der Waals surface area (Å²) in [7, 11) is 0. The van der Waals surface area contributed by atoms with Gasteiger partial charge in [-0.25, -0.2) is 24.3 Å². The van der Waals surface area contributed by atoms with Crippen molar-refractivity contribution in [2.24, 2.45) is 0 Å². The maximum atomic E-state index is 13.1. The van der Waals surface area contributed by atoms with Gasteiger partial charge in [-0.2, -0.15) is 5.10 Å². The van der Waals surface area contributed by atoms with E-state index in [2.05, 4.69) is 36.0 Å². The summed E-state index contributed by atoms with van der Waals surface area (Å²) >= 11 is 1.38. The normalized spacial score (nSPS) is 18.2. The van der Waals surface area contributed by atoms with E-state index in [1.165, 1.54) is 11.3 Å². The second-order valence-corrected chi connectivity index (χ2v) is 10.2. The smallest absolute Gasteiger partial charge is 0.408 e. The molecule has 4 aromatic heterocycles. The van der Waals surface area contributed by atoms with Crippen molar-refractivity contribution in [1.82, 2.24) is 29.9 Å². The van der Waals surface area contributed by atoms with Gasteiger partial charge in [0.15, 0.2) is 5.65 Å². The molecule has 1 aliphatic rings. The highest BCUT2D eigenvalue weighted by Crippen LogP contribution is 2.26. The van der Waals surface area contributed by atoms with Crippen LogP contribution in [0.3, 0.4) is 0 Å². The summed E-state index contributed by atoms with van der Waals surface area (Å²) in [5.74, 6) is 0.0393. The molecule has 1 saturated heterocycles. The summed E-state index contributed by atoms with van der Waals surface area (Å²) in [6.45, 7) is 6.29. The molecule has 1 aliphatic heterocycles. The van der Waals surface area contributed by atoms with Crippen molar-refractivity contribution < 1.29 is 19.1 Å². The number of carbonyl (C=O) groups excluding carboxylic acids is 2. The summed E-state index contributed by atoms with van der Waals surface area (Å²) < 4.78 is 13.3. The van der Waals surface area contributed by atoms with E-state index in [1.807, 2.05) is 20.8 Å². The van der Waals surface area contributed by atoms with E-state index in [-0.39, 0.29) is 18.0 Å². The molecule has 12 nitrogen and oxygen atoms in total. The summed E-state index contributed by atoms with van der Waals surface area (Å²) in [6, 6.07) is 1.25. The lowest BCUT2D eigenvalue weighted by Gasteiger charge is -2.33. The van der Waals surface area contributed by atoms with Crippen molar-refractivity contribution in [3.8, 4) is 0 Å². The first-order valence-corrected chi connectivity index (χ1v) is 12.3. The molecule has 1 fully saturated rings. The van der Waals surface area contributed by atoms with Crippen LogP contribution in [-0.4, -0.2) is 67.5 Å². The fraction of sp³-hybridized carbons (Fsp3) is 0.391. The van der Waals surface area contributed by atoms with E-state index in [9.17, 15) is 9.59 Å². The van der Waals surface area contributed by atoms with Crippen molar-refractivity contribution in [3.63, 3.8) is 0 Å². The Balaban J connectivity index is 1.33. The number of aromatic nitrogens is 5. The standard InChI is InChI=1S/C23H26N8O4S/c1-23(2,3)35-22(33)29-16-11-34-8-5-14(16)28-21-25-10-17-18(30-21)13(12-36-17)20(32)27-15-9-26-31-7-4-6-24-19(15)31/h4,6-7,9-10,12,14,16H,5,8,11H2,1-3H3,(H,27,32)(H,29,33)(H,25,28,30)/t14-,16+/m1/s1. The van der Waals surface area contributed by atoms with Crippen LogP contribution < -0.4 is 16.0 Å². The monoisotopic (exact) mass is 510 g/mol. The lowest BCUT2D eigenvalue weighted by Crippen LogP contribution is -2.53. The second kappa shape index (κ2) is 9.66. The summed E-state index contributed by atoms with van der Waals surface area (Å²) in [5, 5.41) is 15.0. The maximum Gasteiger partial charge on any atom is 0.408 e. The molecule has 3 N–H and O–H groups in total. The summed E-state index contributed by atoms with van der Waals surface area (Å²) in [6.07, 6.45) is 6.75. The van der Waals surface area contributed by atoms with Crippen LogP contribution in [-0.2, 0) is 9.47 Å². The van der Waals surface area contributed by atoms with Crippen molar-refractivity contribution >= 4 is 50.8 Å². The first-order chi connectivity index (χ1) is 17.3. The zero-order valence-corrected chi connectivity index (χ0v) is 20.8. The number of hydrogen-bond donors (Lipinski definition) is 3. The SMILES string of the molecule is CC(C)(C)OC(=O)N[C@H]1COCC[C@H]1Nc1ncc2scc(C(=O)Nc3cnn4cccnc34)c2n1. The predicted octanol–water partition coefficient (Wildman–Crippen LogP) is 3.08. The summed E-state index contributed by atoms with van der Waals surface area (Å²) in [4.78, 5) is 38.7. The van der Waals surface area contributed by atoms with Gasteiger partial charge >= 0.3 is 6.09 Å². The van der Waals surface area contributed by atoms with Gasteiger partial charge < -0.3 is 25.4 Å². The highest BCUT2D eigenvalue weighted by molar-refractivity contribution is 7.17. The van der Waals surface area contributed by atoms with Crippen LogP contribution in [0.2, 0.25) is 0 Å². The Morgan fingerprint density at radius 1 is 1.22 bits per heavy atom. The predicted molar refractivity (Wildman–Crippen MR) is 134 cm³/mol. The second-order valence-electron chi connectivity index (χ2n) is 9.32. The van der Waals surface area contributed by atoms with Crippen molar-refractivity contribution in [2.75, 3.05) is 23.8 Å². The number of carbonyl (C=O) groups is 2. The van der Waals surface area contributed by atoms with Crippen molar-refractivity contribution in [2.45, 2.75) is 44.9 Å². The van der Waals surface area contributed by atoms with Gasteiger partial charge in [-0.15, -0.1) is 11.3 Å². The molecular weight excluding hydrogens is 484 g/mol. The lowest BCUT2D eigenvalue weighted by atomic mass is 10.0. The number of alkyl carbamates (subject to hydrolysis) is 1. The number of ether oxygens (including phenoxy) is 2. The van der Waals surface area contributed by atoms with Crippen molar-refractivity contribution in [1.29, 1.82) is 0 Å². The number of anilines is 2. The minimum Gasteiger partial charge on any atom is -0.444 e. The van der Waals surface area contributed by atoms with E-state index in [0.717, 1.165) is 4.70 Å². The molecular formula is C23H26N8O4S. The molecule has 5 rings (SSSR count). The van der Waals surface area contributed by atoms with E-state index in [1.54, 1.807) is 40.7 Å². The molecule has 2 atom stereocenters. The topological polar surface area (TPSA) is 145 Å². The third kappa shape index (κ3) is 5.21. The Morgan fingerprint density at radius 3 is 2.92 bits per heavy atom. The van der Waals surface area contributed by atoms with Gasteiger partial charge in [-0.3, -0.25) is 4.79 Å². The molecule has 4 aromatic rings. The van der Waals surface area contributed by atoms with E-state index >= 15 is 0 Å². The first kappa shape index (κ1) is 23.9. The number of hydrogen-bond acceptors (Lipinski definition) is 10. The Kier molecular flexibility index (Phi) is 6.41. The molecule has 5 heterocycles. The molecule has 13 heteroatoms. The molecule has 0 aliphatic carbocycles. The van der Waals surface area contributed by atoms with Gasteiger partial charge in [0.05, 0.1) is 46.9 Å². The molecule has 188 valence electrons. The Labute approximate surface area is 210 Å². The van der Waals surface area contributed by atoms with Gasteiger partial charge in [0.1, 0.15) is 11.3 Å². The molecule has 0 radical (unpaired) electrons. The van der Waals surface area contributed by atoms with E-state index in [0.29, 0.717) is 48.0 Å². The average molecular weight is 511 g/mol. The van der Waals surface area contributed by atoms with Crippen LogP contribution in [0.25, 0.3) is 15.9 Å². The quantitative estimate of drug-likeness (QED) is 0.369. The molecule has 0 bridgehead atoms. The fourth-order valence-corrected chi connectivity index (χ4v) is 4.69. The lowest BCUT2D eigenvalue weighted by molar-refractivity contribution is 0.0317. The van der Waals surface area contributed by atoms with Gasteiger partial charge in [-0.1, -0.05) is 0 Å². The number of fused-ring (bicyclic) bond motifs is 2. The number of nitrogens with zero attached hydrogens (tertiary/aromatic N) is 5. The molecule has 36 heavy (non-hydrogen) atoms. The van der Waals surface area contributed by atoms with Gasteiger partial charge in [0.25, 0.3) is 5.91 Å². The number of nitrogens with one attached hydrogen (secondary N) is 3. The third-order valence-electron chi connectivity index (χ3n) is 5.46. The zero-order chi connectivity index (χ0) is 25.3. The highest BCUT2D eigenvalue weighted by Gasteiger charge is 2.30. The third-order valence-corrected chi connectivity index (χ3v) is 6.37.